The van der Waals surface area contributed by atoms with Crippen molar-refractivity contribution in [1.82, 2.24) is 10.6 Å². The summed E-state index contributed by atoms with van der Waals surface area (Å²) in [5, 5.41) is 5.54. The van der Waals surface area contributed by atoms with Gasteiger partial charge in [-0.1, -0.05) is 0 Å². The maximum Gasteiger partial charge on any atom is 0.242 e. The molecule has 15 heavy (non-hydrogen) atoms. The van der Waals surface area contributed by atoms with Gasteiger partial charge in [0.2, 0.25) is 11.8 Å². The van der Waals surface area contributed by atoms with E-state index >= 15 is 0 Å². The minimum Gasteiger partial charge on any atom is -0.350 e. The largest absolute Gasteiger partial charge is 0.350 e. The molecule has 1 aliphatic rings. The average Bonchev–Trinajstić information content (AvgIpc) is 2.82. The molecule has 0 aromatic carbocycles. The third-order valence-corrected chi connectivity index (χ3v) is 2.20. The molecule has 0 heterocycles. The standard InChI is InChI=1S/C11H20N2O2/c1-7(9(14)13-11(2,3)4)12-10(15)8-5-6-8/h7-8H,5-6H2,1-4H3,(H,12,15)(H,13,14). The Kier molecular flexibility index (Phi) is 3.37. The third kappa shape index (κ3) is 4.32. The molecule has 1 atom stereocenters. The van der Waals surface area contributed by atoms with Crippen LogP contribution < -0.4 is 10.6 Å². The summed E-state index contributed by atoms with van der Waals surface area (Å²) in [4.78, 5) is 23.0. The highest BCUT2D eigenvalue weighted by Gasteiger charge is 2.31. The molecule has 2 N–H and O–H groups in total. The van der Waals surface area contributed by atoms with Crippen molar-refractivity contribution in [2.45, 2.75) is 52.1 Å². The predicted molar refractivity (Wildman–Crippen MR) is 58.2 cm³/mol. The number of amides is 2. The third-order valence-electron chi connectivity index (χ3n) is 2.20. The quantitative estimate of drug-likeness (QED) is 0.727. The van der Waals surface area contributed by atoms with Gasteiger partial charge < -0.3 is 10.6 Å². The van der Waals surface area contributed by atoms with Crippen LogP contribution in [0.3, 0.4) is 0 Å². The number of nitrogens with one attached hydrogen (secondary N) is 2. The van der Waals surface area contributed by atoms with Crippen LogP contribution in [-0.2, 0) is 9.59 Å². The van der Waals surface area contributed by atoms with E-state index in [0.717, 1.165) is 12.8 Å². The van der Waals surface area contributed by atoms with E-state index in [-0.39, 0.29) is 23.3 Å². The summed E-state index contributed by atoms with van der Waals surface area (Å²) in [7, 11) is 0. The highest BCUT2D eigenvalue weighted by atomic mass is 16.2. The molecule has 0 spiro atoms. The molecule has 0 bridgehead atoms. The Bertz CT molecular complexity index is 264. The molecule has 86 valence electrons. The average molecular weight is 212 g/mol. The van der Waals surface area contributed by atoms with Crippen molar-refractivity contribution in [3.8, 4) is 0 Å². The lowest BCUT2D eigenvalue weighted by atomic mass is 10.1. The highest BCUT2D eigenvalue weighted by molar-refractivity contribution is 5.89. The first-order valence-electron chi connectivity index (χ1n) is 5.42. The van der Waals surface area contributed by atoms with Crippen LogP contribution in [0.1, 0.15) is 40.5 Å². The summed E-state index contributed by atoms with van der Waals surface area (Å²) < 4.78 is 0. The fraction of sp³-hybridized carbons (Fsp3) is 0.818. The zero-order valence-corrected chi connectivity index (χ0v) is 9.89. The molecule has 0 saturated heterocycles. The summed E-state index contributed by atoms with van der Waals surface area (Å²) in [5.41, 5.74) is -0.254. The number of hydrogen-bond donors (Lipinski definition) is 2. The second-order valence-corrected chi connectivity index (χ2v) is 5.24. The smallest absolute Gasteiger partial charge is 0.242 e. The van der Waals surface area contributed by atoms with Gasteiger partial charge in [0.05, 0.1) is 0 Å². The molecule has 0 aliphatic heterocycles. The molecule has 1 fully saturated rings. The van der Waals surface area contributed by atoms with Crippen LogP contribution in [0.25, 0.3) is 0 Å². The monoisotopic (exact) mass is 212 g/mol. The molecule has 1 unspecified atom stereocenters. The minimum absolute atomic E-state index is 0.00607. The van der Waals surface area contributed by atoms with E-state index in [2.05, 4.69) is 10.6 Å². The van der Waals surface area contributed by atoms with Crippen molar-refractivity contribution >= 4 is 11.8 Å². The van der Waals surface area contributed by atoms with E-state index in [1.54, 1.807) is 6.92 Å². The van der Waals surface area contributed by atoms with Gasteiger partial charge in [-0.3, -0.25) is 9.59 Å². The summed E-state index contributed by atoms with van der Waals surface area (Å²) in [6.45, 7) is 7.46. The maximum atomic E-state index is 11.6. The lowest BCUT2D eigenvalue weighted by Gasteiger charge is -2.23. The second-order valence-electron chi connectivity index (χ2n) is 5.24. The lowest BCUT2D eigenvalue weighted by molar-refractivity contribution is -0.130. The van der Waals surface area contributed by atoms with E-state index in [9.17, 15) is 9.59 Å². The van der Waals surface area contributed by atoms with Crippen LogP contribution >= 0.6 is 0 Å². The Morgan fingerprint density at radius 1 is 1.27 bits per heavy atom. The van der Waals surface area contributed by atoms with Crippen LogP contribution in [0.15, 0.2) is 0 Å². The maximum absolute atomic E-state index is 11.6. The lowest BCUT2D eigenvalue weighted by Crippen LogP contribution is -2.51. The van der Waals surface area contributed by atoms with E-state index in [0.29, 0.717) is 0 Å². The molecule has 4 heteroatoms. The zero-order chi connectivity index (χ0) is 11.6. The summed E-state index contributed by atoms with van der Waals surface area (Å²) >= 11 is 0. The Morgan fingerprint density at radius 2 is 1.80 bits per heavy atom. The van der Waals surface area contributed by atoms with Gasteiger partial charge in [-0.05, 0) is 40.5 Å². The molecule has 1 saturated carbocycles. The van der Waals surface area contributed by atoms with Gasteiger partial charge in [-0.2, -0.15) is 0 Å². The molecule has 4 nitrogen and oxygen atoms in total. The normalized spacial score (nSPS) is 18.1. The van der Waals surface area contributed by atoms with Crippen LogP contribution in [0, 0.1) is 5.92 Å². The Balaban J connectivity index is 2.35. The van der Waals surface area contributed by atoms with Gasteiger partial charge in [0.25, 0.3) is 0 Å². The second kappa shape index (κ2) is 4.21. The van der Waals surface area contributed by atoms with Crippen molar-refractivity contribution < 1.29 is 9.59 Å². The van der Waals surface area contributed by atoms with Crippen molar-refractivity contribution in [2.24, 2.45) is 5.92 Å². The van der Waals surface area contributed by atoms with Crippen molar-refractivity contribution in [2.75, 3.05) is 0 Å². The van der Waals surface area contributed by atoms with Gasteiger partial charge in [-0.25, -0.2) is 0 Å². The van der Waals surface area contributed by atoms with Gasteiger partial charge in [0, 0.05) is 11.5 Å². The summed E-state index contributed by atoms with van der Waals surface area (Å²) in [6, 6.07) is -0.447. The summed E-state index contributed by atoms with van der Waals surface area (Å²) in [6.07, 6.45) is 1.92. The Labute approximate surface area is 90.8 Å². The van der Waals surface area contributed by atoms with Gasteiger partial charge >= 0.3 is 0 Å². The van der Waals surface area contributed by atoms with E-state index in [1.165, 1.54) is 0 Å². The molecule has 0 aromatic heterocycles. The molecule has 1 aliphatic carbocycles. The molecular formula is C11H20N2O2. The number of carbonyl (C=O) groups excluding carboxylic acids is 2. The predicted octanol–water partition coefficient (Wildman–Crippen LogP) is 0.816. The number of carbonyl (C=O) groups is 2. The molecule has 1 rings (SSSR count). The molecule has 2 amide bonds. The Hall–Kier alpha value is -1.06. The zero-order valence-electron chi connectivity index (χ0n) is 9.89. The van der Waals surface area contributed by atoms with Gasteiger partial charge in [-0.15, -0.1) is 0 Å². The van der Waals surface area contributed by atoms with Gasteiger partial charge in [0.1, 0.15) is 6.04 Å². The van der Waals surface area contributed by atoms with Crippen LogP contribution in [0.5, 0.6) is 0 Å². The highest BCUT2D eigenvalue weighted by Crippen LogP contribution is 2.28. The van der Waals surface area contributed by atoms with Crippen molar-refractivity contribution in [3.63, 3.8) is 0 Å². The minimum atomic E-state index is -0.447. The van der Waals surface area contributed by atoms with Crippen molar-refractivity contribution in [1.29, 1.82) is 0 Å². The van der Waals surface area contributed by atoms with Gasteiger partial charge in [0.15, 0.2) is 0 Å². The van der Waals surface area contributed by atoms with E-state index in [4.69, 9.17) is 0 Å². The fourth-order valence-corrected chi connectivity index (χ4v) is 1.22. The molecular weight excluding hydrogens is 192 g/mol. The van der Waals surface area contributed by atoms with Crippen LogP contribution in [0.2, 0.25) is 0 Å². The van der Waals surface area contributed by atoms with Crippen LogP contribution in [0.4, 0.5) is 0 Å². The molecule has 0 radical (unpaired) electrons. The first kappa shape index (κ1) is 12.0. The van der Waals surface area contributed by atoms with Crippen molar-refractivity contribution in [3.05, 3.63) is 0 Å². The fourth-order valence-electron chi connectivity index (χ4n) is 1.22. The summed E-state index contributed by atoms with van der Waals surface area (Å²) in [5.74, 6) is 0.0259. The Morgan fingerprint density at radius 3 is 2.20 bits per heavy atom. The molecule has 0 aromatic rings. The first-order valence-corrected chi connectivity index (χ1v) is 5.42. The first-order chi connectivity index (χ1) is 6.79. The topological polar surface area (TPSA) is 58.2 Å². The van der Waals surface area contributed by atoms with E-state index in [1.807, 2.05) is 20.8 Å². The number of hydrogen-bond acceptors (Lipinski definition) is 2. The number of rotatable bonds is 3. The SMILES string of the molecule is CC(NC(=O)C1CC1)C(=O)NC(C)(C)C. The van der Waals surface area contributed by atoms with Crippen LogP contribution in [-0.4, -0.2) is 23.4 Å². The van der Waals surface area contributed by atoms with E-state index < -0.39 is 6.04 Å².